The maximum absolute atomic E-state index is 12.2. The first-order valence-corrected chi connectivity index (χ1v) is 7.26. The Labute approximate surface area is 125 Å². The van der Waals surface area contributed by atoms with E-state index in [2.05, 4.69) is 23.5 Å². The fraction of sp³-hybridized carbons (Fsp3) is 0.278. The highest BCUT2D eigenvalue weighted by Crippen LogP contribution is 2.40. The number of hydrogen-bond acceptors (Lipinski definition) is 2. The van der Waals surface area contributed by atoms with Gasteiger partial charge in [-0.2, -0.15) is 0 Å². The Bertz CT molecular complexity index is 708. The molecule has 2 aromatic rings. The van der Waals surface area contributed by atoms with E-state index in [0.29, 0.717) is 6.42 Å². The van der Waals surface area contributed by atoms with Gasteiger partial charge in [0.2, 0.25) is 5.91 Å². The summed E-state index contributed by atoms with van der Waals surface area (Å²) in [4.78, 5) is 12.2. The zero-order valence-electron chi connectivity index (χ0n) is 12.4. The highest BCUT2D eigenvalue weighted by molar-refractivity contribution is 5.91. The molecule has 0 bridgehead atoms. The predicted octanol–water partition coefficient (Wildman–Crippen LogP) is 3.04. The van der Waals surface area contributed by atoms with Crippen molar-refractivity contribution in [3.8, 4) is 0 Å². The van der Waals surface area contributed by atoms with Gasteiger partial charge in [-0.3, -0.25) is 4.79 Å². The Morgan fingerprint density at radius 1 is 1.14 bits per heavy atom. The molecule has 3 heteroatoms. The zero-order valence-corrected chi connectivity index (χ0v) is 12.4. The molecule has 21 heavy (non-hydrogen) atoms. The number of fused-ring (bicyclic) bond motifs is 1. The molecule has 3 nitrogen and oxygen atoms in total. The lowest BCUT2D eigenvalue weighted by atomic mass is 9.89. The highest BCUT2D eigenvalue weighted by atomic mass is 16.1. The smallest absolute Gasteiger partial charge is 0.247 e. The molecule has 0 heterocycles. The topological polar surface area (TPSA) is 55.1 Å². The molecule has 1 amide bonds. The third-order valence-electron chi connectivity index (χ3n) is 4.29. The SMILES string of the molecule is Cc1cccc(NC2(C(N)=O)CCc3ccc(C)cc32)c1. The normalized spacial score (nSPS) is 20.1. The van der Waals surface area contributed by atoms with Gasteiger partial charge in [0.15, 0.2) is 0 Å². The molecule has 0 fully saturated rings. The summed E-state index contributed by atoms with van der Waals surface area (Å²) in [6, 6.07) is 14.3. The third kappa shape index (κ3) is 2.29. The zero-order chi connectivity index (χ0) is 15.0. The Hall–Kier alpha value is -2.29. The van der Waals surface area contributed by atoms with Crippen molar-refractivity contribution in [1.82, 2.24) is 0 Å². The fourth-order valence-corrected chi connectivity index (χ4v) is 3.18. The number of aryl methyl sites for hydroxylation is 3. The largest absolute Gasteiger partial charge is 0.368 e. The fourth-order valence-electron chi connectivity index (χ4n) is 3.18. The molecule has 0 radical (unpaired) electrons. The Morgan fingerprint density at radius 3 is 2.62 bits per heavy atom. The summed E-state index contributed by atoms with van der Waals surface area (Å²) < 4.78 is 0. The maximum atomic E-state index is 12.2. The van der Waals surface area contributed by atoms with Gasteiger partial charge in [0.25, 0.3) is 0 Å². The molecule has 1 unspecified atom stereocenters. The molecule has 0 saturated heterocycles. The minimum atomic E-state index is -0.796. The number of amides is 1. The van der Waals surface area contributed by atoms with Crippen molar-refractivity contribution in [1.29, 1.82) is 0 Å². The van der Waals surface area contributed by atoms with Crippen LogP contribution in [0.15, 0.2) is 42.5 Å². The van der Waals surface area contributed by atoms with Crippen LogP contribution in [0.3, 0.4) is 0 Å². The number of nitrogens with one attached hydrogen (secondary N) is 1. The van der Waals surface area contributed by atoms with Crippen molar-refractivity contribution >= 4 is 11.6 Å². The first kappa shape index (κ1) is 13.7. The van der Waals surface area contributed by atoms with Crippen LogP contribution in [0.4, 0.5) is 5.69 Å². The number of carbonyl (C=O) groups excluding carboxylic acids is 1. The lowest BCUT2D eigenvalue weighted by Gasteiger charge is -2.30. The Kier molecular flexibility index (Phi) is 3.20. The second-order valence-corrected chi connectivity index (χ2v) is 5.92. The van der Waals surface area contributed by atoms with Gasteiger partial charge in [-0.15, -0.1) is 0 Å². The number of hydrogen-bond donors (Lipinski definition) is 2. The van der Waals surface area contributed by atoms with Crippen molar-refractivity contribution in [3.05, 3.63) is 64.7 Å². The van der Waals surface area contributed by atoms with Gasteiger partial charge >= 0.3 is 0 Å². The Morgan fingerprint density at radius 2 is 1.90 bits per heavy atom. The monoisotopic (exact) mass is 280 g/mol. The molecule has 108 valence electrons. The molecule has 0 spiro atoms. The van der Waals surface area contributed by atoms with E-state index in [1.165, 1.54) is 5.56 Å². The van der Waals surface area contributed by atoms with E-state index in [1.54, 1.807) is 0 Å². The van der Waals surface area contributed by atoms with Crippen LogP contribution in [0.25, 0.3) is 0 Å². The second kappa shape index (κ2) is 4.92. The third-order valence-corrected chi connectivity index (χ3v) is 4.29. The minimum absolute atomic E-state index is 0.312. The molecule has 1 aliphatic rings. The Balaban J connectivity index is 2.08. The molecule has 1 atom stereocenters. The van der Waals surface area contributed by atoms with Gasteiger partial charge in [-0.25, -0.2) is 0 Å². The van der Waals surface area contributed by atoms with Crippen molar-refractivity contribution in [2.45, 2.75) is 32.2 Å². The lowest BCUT2D eigenvalue weighted by Crippen LogP contribution is -2.46. The molecule has 0 saturated carbocycles. The number of primary amides is 1. The van der Waals surface area contributed by atoms with Gasteiger partial charge in [0, 0.05) is 5.69 Å². The number of carbonyl (C=O) groups is 1. The van der Waals surface area contributed by atoms with E-state index in [-0.39, 0.29) is 5.91 Å². The van der Waals surface area contributed by atoms with Crippen molar-refractivity contribution in [3.63, 3.8) is 0 Å². The van der Waals surface area contributed by atoms with Gasteiger partial charge in [-0.1, -0.05) is 35.9 Å². The average molecular weight is 280 g/mol. The predicted molar refractivity (Wildman–Crippen MR) is 85.2 cm³/mol. The van der Waals surface area contributed by atoms with Crippen LogP contribution in [-0.4, -0.2) is 5.91 Å². The summed E-state index contributed by atoms with van der Waals surface area (Å²) >= 11 is 0. The van der Waals surface area contributed by atoms with E-state index in [9.17, 15) is 4.79 Å². The molecule has 1 aliphatic carbocycles. The van der Waals surface area contributed by atoms with E-state index < -0.39 is 5.54 Å². The molecule has 3 N–H and O–H groups in total. The average Bonchev–Trinajstić information content (AvgIpc) is 2.78. The molecular formula is C18H20N2O. The van der Waals surface area contributed by atoms with E-state index in [4.69, 9.17) is 5.73 Å². The summed E-state index contributed by atoms with van der Waals surface area (Å²) in [5, 5.41) is 3.40. The number of anilines is 1. The van der Waals surface area contributed by atoms with E-state index >= 15 is 0 Å². The van der Waals surface area contributed by atoms with Gasteiger partial charge in [0.05, 0.1) is 0 Å². The maximum Gasteiger partial charge on any atom is 0.247 e. The number of rotatable bonds is 3. The standard InChI is InChI=1S/C18H20N2O/c1-12-4-3-5-15(10-12)20-18(17(19)21)9-8-14-7-6-13(2)11-16(14)18/h3-7,10-11,20H,8-9H2,1-2H3,(H2,19,21). The van der Waals surface area contributed by atoms with Crippen LogP contribution < -0.4 is 11.1 Å². The van der Waals surface area contributed by atoms with Crippen LogP contribution >= 0.6 is 0 Å². The highest BCUT2D eigenvalue weighted by Gasteiger charge is 2.44. The van der Waals surface area contributed by atoms with Crippen molar-refractivity contribution < 1.29 is 4.79 Å². The molecule has 0 aromatic heterocycles. The van der Waals surface area contributed by atoms with Crippen LogP contribution in [-0.2, 0) is 16.8 Å². The van der Waals surface area contributed by atoms with Crippen molar-refractivity contribution in [2.75, 3.05) is 5.32 Å². The first-order chi connectivity index (χ1) is 10.0. The van der Waals surface area contributed by atoms with Gasteiger partial charge in [-0.05, 0) is 55.5 Å². The van der Waals surface area contributed by atoms with Gasteiger partial charge < -0.3 is 11.1 Å². The molecule has 3 rings (SSSR count). The van der Waals surface area contributed by atoms with Crippen LogP contribution in [0.1, 0.15) is 28.7 Å². The van der Waals surface area contributed by atoms with E-state index in [1.807, 2.05) is 38.1 Å². The van der Waals surface area contributed by atoms with E-state index in [0.717, 1.165) is 28.8 Å². The van der Waals surface area contributed by atoms with Crippen molar-refractivity contribution in [2.24, 2.45) is 5.73 Å². The minimum Gasteiger partial charge on any atom is -0.368 e. The molecule has 2 aromatic carbocycles. The van der Waals surface area contributed by atoms with Crippen LogP contribution in [0.5, 0.6) is 0 Å². The number of nitrogens with two attached hydrogens (primary N) is 1. The quantitative estimate of drug-likeness (QED) is 0.908. The van der Waals surface area contributed by atoms with Crippen LogP contribution in [0.2, 0.25) is 0 Å². The summed E-state index contributed by atoms with van der Waals surface area (Å²) in [6.45, 7) is 4.08. The number of benzene rings is 2. The molecule has 0 aliphatic heterocycles. The second-order valence-electron chi connectivity index (χ2n) is 5.92. The van der Waals surface area contributed by atoms with Gasteiger partial charge in [0.1, 0.15) is 5.54 Å². The summed E-state index contributed by atoms with van der Waals surface area (Å²) in [5.74, 6) is -0.312. The lowest BCUT2D eigenvalue weighted by molar-refractivity contribution is -0.122. The first-order valence-electron chi connectivity index (χ1n) is 7.26. The molecular weight excluding hydrogens is 260 g/mol. The van der Waals surface area contributed by atoms with Crippen LogP contribution in [0, 0.1) is 13.8 Å². The summed E-state index contributed by atoms with van der Waals surface area (Å²) in [5.41, 5.74) is 10.5. The summed E-state index contributed by atoms with van der Waals surface area (Å²) in [7, 11) is 0. The summed E-state index contributed by atoms with van der Waals surface area (Å²) in [6.07, 6.45) is 1.58.